The molecule has 218 valence electrons. The summed E-state index contributed by atoms with van der Waals surface area (Å²) in [5.41, 5.74) is 1.27. The Labute approximate surface area is 232 Å². The van der Waals surface area contributed by atoms with Crippen molar-refractivity contribution in [3.8, 4) is 5.75 Å². The average molecular weight is 590 g/mol. The second-order valence-electron chi connectivity index (χ2n) is 8.87. The predicted octanol–water partition coefficient (Wildman–Crippen LogP) is 5.43. The van der Waals surface area contributed by atoms with Crippen LogP contribution < -0.4 is 15.7 Å². The number of nitrogens with zero attached hydrogens (tertiary/aromatic N) is 6. The van der Waals surface area contributed by atoms with Gasteiger partial charge in [0, 0.05) is 12.1 Å². The van der Waals surface area contributed by atoms with Crippen LogP contribution >= 0.6 is 0 Å². The maximum absolute atomic E-state index is 13.6. The van der Waals surface area contributed by atoms with Crippen LogP contribution in [0.15, 0.2) is 71.7 Å². The Balaban J connectivity index is 1.57. The number of hydrogen-bond donors (Lipinski definition) is 2. The molecule has 0 radical (unpaired) electrons. The summed E-state index contributed by atoms with van der Waals surface area (Å²) in [7, 11) is 0. The lowest BCUT2D eigenvalue weighted by atomic mass is 10.1. The van der Waals surface area contributed by atoms with E-state index in [1.54, 1.807) is 28.2 Å². The molecule has 0 aliphatic rings. The van der Waals surface area contributed by atoms with E-state index in [0.717, 1.165) is 24.3 Å². The third-order valence-corrected chi connectivity index (χ3v) is 6.11. The maximum Gasteiger partial charge on any atom is 0.573 e. The Hall–Kier alpha value is -5.15. The van der Waals surface area contributed by atoms with Crippen molar-refractivity contribution in [3.05, 3.63) is 89.0 Å². The average Bonchev–Trinajstić information content (AvgIpc) is 3.54. The zero-order valence-electron chi connectivity index (χ0n) is 21.5. The number of aryl methyl sites for hydroxylation is 1. The highest BCUT2D eigenvalue weighted by molar-refractivity contribution is 6.03. The van der Waals surface area contributed by atoms with Gasteiger partial charge in [-0.05, 0) is 72.3 Å². The number of H-pyrrole nitrogens is 1. The first-order chi connectivity index (χ1) is 19.9. The van der Waals surface area contributed by atoms with Gasteiger partial charge in [-0.25, -0.2) is 4.99 Å². The summed E-state index contributed by atoms with van der Waals surface area (Å²) < 4.78 is 85.8. The molecule has 2 aromatic heterocycles. The molecule has 0 aliphatic heterocycles. The number of carbonyl (C=O) groups is 1. The quantitative estimate of drug-likeness (QED) is 0.246. The van der Waals surface area contributed by atoms with Gasteiger partial charge in [-0.3, -0.25) is 10.1 Å². The Kier molecular flexibility index (Phi) is 7.45. The number of hydrogen-bond acceptors (Lipinski definition) is 6. The van der Waals surface area contributed by atoms with E-state index in [9.17, 15) is 31.1 Å². The monoisotopic (exact) mass is 590 g/mol. The molecule has 16 heteroatoms. The number of carbonyl (C=O) groups excluding carboxylic acids is 1. The standard InChI is InChI=1S/C26H20F6N8O2/c1-2-39-20-12-7-17(25(27,28)29)13-21(20)40(24(39)33-18-8-10-19(11-9-18)42-26(30,31)32)14-15-3-5-16(6-4-15)22(41)34-23-35-37-38-36-23/h3-13H,2,14H2,1H3,(H2,34,35,36,37,38,41). The first-order valence-corrected chi connectivity index (χ1v) is 12.3. The Morgan fingerprint density at radius 3 is 2.26 bits per heavy atom. The van der Waals surface area contributed by atoms with Gasteiger partial charge in [-0.1, -0.05) is 17.2 Å². The number of anilines is 1. The number of nitrogens with one attached hydrogen (secondary N) is 2. The molecule has 2 N–H and O–H groups in total. The predicted molar refractivity (Wildman–Crippen MR) is 137 cm³/mol. The molecule has 2 heterocycles. The van der Waals surface area contributed by atoms with E-state index in [-0.39, 0.29) is 34.9 Å². The van der Waals surface area contributed by atoms with Crippen LogP contribution in [0.4, 0.5) is 38.0 Å². The van der Waals surface area contributed by atoms with E-state index >= 15 is 0 Å². The van der Waals surface area contributed by atoms with E-state index in [0.29, 0.717) is 17.6 Å². The zero-order valence-corrected chi connectivity index (χ0v) is 21.5. The van der Waals surface area contributed by atoms with Crippen LogP contribution in [0.5, 0.6) is 5.75 Å². The molecular formula is C26H20F6N8O2. The fourth-order valence-electron chi connectivity index (χ4n) is 4.26. The second kappa shape index (κ2) is 11.0. The van der Waals surface area contributed by atoms with Crippen LogP contribution in [0, 0.1) is 0 Å². The third-order valence-electron chi connectivity index (χ3n) is 6.11. The van der Waals surface area contributed by atoms with Gasteiger partial charge < -0.3 is 13.9 Å². The highest BCUT2D eigenvalue weighted by Gasteiger charge is 2.32. The Morgan fingerprint density at radius 2 is 1.67 bits per heavy atom. The number of imidazole rings is 1. The molecule has 0 saturated heterocycles. The first-order valence-electron chi connectivity index (χ1n) is 12.3. The fraction of sp³-hybridized carbons (Fsp3) is 0.192. The second-order valence-corrected chi connectivity index (χ2v) is 8.87. The van der Waals surface area contributed by atoms with Crippen LogP contribution in [-0.4, -0.2) is 42.0 Å². The number of tetrazole rings is 1. The molecule has 1 amide bonds. The molecule has 0 atom stereocenters. The summed E-state index contributed by atoms with van der Waals surface area (Å²) in [6.07, 6.45) is -9.46. The SMILES string of the molecule is CCn1c(=Nc2ccc(OC(F)(F)F)cc2)n(Cc2ccc(C(=O)Nc3nn[nH]n3)cc2)c2cc(C(F)(F)F)ccc21. The maximum atomic E-state index is 13.6. The summed E-state index contributed by atoms with van der Waals surface area (Å²) in [6.45, 7) is 2.18. The first kappa shape index (κ1) is 28.4. The summed E-state index contributed by atoms with van der Waals surface area (Å²) in [5.74, 6) is -0.956. The van der Waals surface area contributed by atoms with Crippen LogP contribution in [0.25, 0.3) is 11.0 Å². The van der Waals surface area contributed by atoms with Gasteiger partial charge in [0.25, 0.3) is 11.9 Å². The smallest absolute Gasteiger partial charge is 0.406 e. The van der Waals surface area contributed by atoms with Gasteiger partial charge in [0.1, 0.15) is 5.75 Å². The molecule has 10 nitrogen and oxygen atoms in total. The summed E-state index contributed by atoms with van der Waals surface area (Å²) in [6, 6.07) is 14.5. The highest BCUT2D eigenvalue weighted by Crippen LogP contribution is 2.32. The molecule has 5 aromatic rings. The summed E-state index contributed by atoms with van der Waals surface area (Å²) in [5, 5.41) is 15.3. The van der Waals surface area contributed by atoms with E-state index in [2.05, 4.69) is 35.7 Å². The van der Waals surface area contributed by atoms with Crippen molar-refractivity contribution >= 4 is 28.6 Å². The van der Waals surface area contributed by atoms with Gasteiger partial charge >= 0.3 is 12.5 Å². The van der Waals surface area contributed by atoms with Crippen molar-refractivity contribution < 1.29 is 35.9 Å². The summed E-state index contributed by atoms with van der Waals surface area (Å²) >= 11 is 0. The van der Waals surface area contributed by atoms with E-state index in [4.69, 9.17) is 0 Å². The molecule has 0 aliphatic carbocycles. The van der Waals surface area contributed by atoms with E-state index in [1.165, 1.54) is 30.3 Å². The van der Waals surface area contributed by atoms with Gasteiger partial charge in [0.15, 0.2) is 0 Å². The van der Waals surface area contributed by atoms with Crippen LogP contribution in [0.2, 0.25) is 0 Å². The third kappa shape index (κ3) is 6.26. The van der Waals surface area contributed by atoms with Crippen molar-refractivity contribution in [3.63, 3.8) is 0 Å². The minimum Gasteiger partial charge on any atom is -0.406 e. The molecule has 0 saturated carbocycles. The highest BCUT2D eigenvalue weighted by atomic mass is 19.4. The number of aromatic nitrogens is 6. The lowest BCUT2D eigenvalue weighted by Gasteiger charge is -2.10. The number of amides is 1. The van der Waals surface area contributed by atoms with Gasteiger partial charge in [0.05, 0.1) is 28.8 Å². The molecule has 5 rings (SSSR count). The largest absolute Gasteiger partial charge is 0.573 e. The molecule has 0 bridgehead atoms. The Morgan fingerprint density at radius 1 is 0.952 bits per heavy atom. The number of halogens is 6. The fourth-order valence-corrected chi connectivity index (χ4v) is 4.26. The molecule has 42 heavy (non-hydrogen) atoms. The van der Waals surface area contributed by atoms with Gasteiger partial charge in [-0.2, -0.15) is 18.4 Å². The number of aromatic amines is 1. The van der Waals surface area contributed by atoms with E-state index < -0.39 is 29.8 Å². The zero-order chi connectivity index (χ0) is 30.1. The van der Waals surface area contributed by atoms with Crippen molar-refractivity contribution in [1.82, 2.24) is 29.8 Å². The van der Waals surface area contributed by atoms with Crippen molar-refractivity contribution in [2.75, 3.05) is 5.32 Å². The van der Waals surface area contributed by atoms with Gasteiger partial charge in [0.2, 0.25) is 5.62 Å². The topological polar surface area (TPSA) is 115 Å². The molecular weight excluding hydrogens is 570 g/mol. The van der Waals surface area contributed by atoms with Crippen molar-refractivity contribution in [1.29, 1.82) is 0 Å². The van der Waals surface area contributed by atoms with Crippen LogP contribution in [0.1, 0.15) is 28.4 Å². The van der Waals surface area contributed by atoms with Crippen LogP contribution in [-0.2, 0) is 19.3 Å². The van der Waals surface area contributed by atoms with Crippen molar-refractivity contribution in [2.45, 2.75) is 32.6 Å². The van der Waals surface area contributed by atoms with Crippen molar-refractivity contribution in [2.24, 2.45) is 4.99 Å². The molecule has 0 unspecified atom stereocenters. The summed E-state index contributed by atoms with van der Waals surface area (Å²) in [4.78, 5) is 17.0. The number of benzene rings is 3. The number of rotatable bonds is 7. The van der Waals surface area contributed by atoms with Gasteiger partial charge in [-0.15, -0.1) is 18.3 Å². The van der Waals surface area contributed by atoms with Crippen LogP contribution in [0.3, 0.4) is 0 Å². The molecule has 0 fully saturated rings. The minimum atomic E-state index is -4.87. The molecule has 3 aromatic carbocycles. The lowest BCUT2D eigenvalue weighted by Crippen LogP contribution is -2.26. The lowest BCUT2D eigenvalue weighted by molar-refractivity contribution is -0.274. The number of ether oxygens (including phenoxy) is 1. The normalized spacial score (nSPS) is 12.6. The van der Waals surface area contributed by atoms with E-state index in [1.807, 2.05) is 0 Å². The number of fused-ring (bicyclic) bond motifs is 1. The number of alkyl halides is 6. The Bertz CT molecular complexity index is 1770. The molecule has 0 spiro atoms. The minimum absolute atomic E-state index is 0.0169.